The summed E-state index contributed by atoms with van der Waals surface area (Å²) in [6, 6.07) is 22.0. The third-order valence-electron chi connectivity index (χ3n) is 5.36. The maximum atomic E-state index is 13.5. The summed E-state index contributed by atoms with van der Waals surface area (Å²) in [4.78, 5) is 29.6. The molecule has 1 aliphatic rings. The second kappa shape index (κ2) is 10.4. The van der Waals surface area contributed by atoms with E-state index in [2.05, 4.69) is 5.32 Å². The fraction of sp³-hybridized carbons (Fsp3) is 0.280. The van der Waals surface area contributed by atoms with Gasteiger partial charge in [-0.3, -0.25) is 14.5 Å². The van der Waals surface area contributed by atoms with E-state index < -0.39 is 6.04 Å². The molecular formula is C25H26N2O3S. The Morgan fingerprint density at radius 1 is 1.03 bits per heavy atom. The second-order valence-electron chi connectivity index (χ2n) is 7.55. The van der Waals surface area contributed by atoms with Gasteiger partial charge in [0.1, 0.15) is 6.04 Å². The highest BCUT2D eigenvalue weighted by atomic mass is 32.1. The van der Waals surface area contributed by atoms with Crippen molar-refractivity contribution >= 4 is 28.8 Å². The van der Waals surface area contributed by atoms with Gasteiger partial charge in [-0.25, -0.2) is 0 Å². The minimum Gasteiger partial charge on any atom is -0.376 e. The van der Waals surface area contributed by atoms with Crippen molar-refractivity contribution in [1.29, 1.82) is 0 Å². The quantitative estimate of drug-likeness (QED) is 0.573. The molecule has 2 unspecified atom stereocenters. The van der Waals surface area contributed by atoms with Crippen molar-refractivity contribution < 1.29 is 14.3 Å². The molecule has 2 atom stereocenters. The van der Waals surface area contributed by atoms with Crippen LogP contribution in [0, 0.1) is 0 Å². The second-order valence-corrected chi connectivity index (χ2v) is 8.58. The van der Waals surface area contributed by atoms with E-state index in [4.69, 9.17) is 4.74 Å². The Kier molecular flexibility index (Phi) is 7.12. The number of benzene rings is 2. The Labute approximate surface area is 186 Å². The van der Waals surface area contributed by atoms with Crippen LogP contribution in [0.15, 0.2) is 78.2 Å². The Morgan fingerprint density at radius 3 is 2.42 bits per heavy atom. The Hall–Kier alpha value is -2.96. The number of ether oxygens (including phenoxy) is 1. The number of anilines is 1. The number of para-hydroxylation sites is 1. The van der Waals surface area contributed by atoms with Crippen LogP contribution in [0.2, 0.25) is 0 Å². The molecule has 0 aliphatic carbocycles. The van der Waals surface area contributed by atoms with Gasteiger partial charge < -0.3 is 10.1 Å². The van der Waals surface area contributed by atoms with E-state index in [1.165, 1.54) is 0 Å². The number of rotatable bonds is 8. The summed E-state index contributed by atoms with van der Waals surface area (Å²) in [7, 11) is 0. The Bertz CT molecular complexity index is 971. The molecule has 1 N–H and O–H groups in total. The first-order valence-corrected chi connectivity index (χ1v) is 11.4. The standard InChI is InChI=1S/C25H26N2O3S/c28-23(17-22-14-8-16-31-22)27(20-11-5-2-6-12-20)24(19-9-3-1-4-10-19)25(29)26-18-21-13-7-15-30-21/h1-6,8-12,14,16,21,24H,7,13,15,17-18H2,(H,26,29). The number of amides is 2. The summed E-state index contributed by atoms with van der Waals surface area (Å²) in [6.45, 7) is 1.18. The van der Waals surface area contributed by atoms with Gasteiger partial charge in [0.25, 0.3) is 0 Å². The highest BCUT2D eigenvalue weighted by Crippen LogP contribution is 2.29. The number of nitrogens with one attached hydrogen (secondary N) is 1. The smallest absolute Gasteiger partial charge is 0.247 e. The fourth-order valence-electron chi connectivity index (χ4n) is 3.84. The van der Waals surface area contributed by atoms with Gasteiger partial charge in [0.15, 0.2) is 0 Å². The van der Waals surface area contributed by atoms with Gasteiger partial charge in [0, 0.05) is 23.7 Å². The summed E-state index contributed by atoms with van der Waals surface area (Å²) < 4.78 is 5.66. The zero-order valence-electron chi connectivity index (χ0n) is 17.3. The zero-order valence-corrected chi connectivity index (χ0v) is 18.1. The van der Waals surface area contributed by atoms with Crippen LogP contribution in [0.4, 0.5) is 5.69 Å². The summed E-state index contributed by atoms with van der Waals surface area (Å²) in [5.41, 5.74) is 1.47. The first-order valence-electron chi connectivity index (χ1n) is 10.6. The van der Waals surface area contributed by atoms with E-state index >= 15 is 0 Å². The van der Waals surface area contributed by atoms with Crippen LogP contribution >= 0.6 is 11.3 Å². The maximum absolute atomic E-state index is 13.5. The van der Waals surface area contributed by atoms with Crippen LogP contribution < -0.4 is 10.2 Å². The molecule has 2 amide bonds. The number of carbonyl (C=O) groups is 2. The van der Waals surface area contributed by atoms with Gasteiger partial charge in [0.2, 0.25) is 11.8 Å². The highest BCUT2D eigenvalue weighted by molar-refractivity contribution is 7.10. The topological polar surface area (TPSA) is 58.6 Å². The number of nitrogens with zero attached hydrogens (tertiary/aromatic N) is 1. The van der Waals surface area contributed by atoms with E-state index in [0.717, 1.165) is 29.9 Å². The molecule has 1 aliphatic heterocycles. The van der Waals surface area contributed by atoms with Gasteiger partial charge >= 0.3 is 0 Å². The summed E-state index contributed by atoms with van der Waals surface area (Å²) >= 11 is 1.54. The lowest BCUT2D eigenvalue weighted by atomic mass is 10.0. The molecule has 5 nitrogen and oxygen atoms in total. The molecule has 1 saturated heterocycles. The Balaban J connectivity index is 1.66. The molecule has 1 aromatic heterocycles. The van der Waals surface area contributed by atoms with Gasteiger partial charge in [-0.2, -0.15) is 0 Å². The SMILES string of the molecule is O=C(NCC1CCCO1)C(c1ccccc1)N(C(=O)Cc1cccs1)c1ccccc1. The molecule has 0 spiro atoms. The number of hydrogen-bond donors (Lipinski definition) is 1. The lowest BCUT2D eigenvalue weighted by molar-refractivity contribution is -0.126. The molecular weight excluding hydrogens is 408 g/mol. The van der Waals surface area contributed by atoms with E-state index in [0.29, 0.717) is 12.2 Å². The minimum atomic E-state index is -0.766. The molecule has 0 radical (unpaired) electrons. The minimum absolute atomic E-state index is 0.0346. The summed E-state index contributed by atoms with van der Waals surface area (Å²) in [6.07, 6.45) is 2.23. The molecule has 3 aromatic rings. The third-order valence-corrected chi connectivity index (χ3v) is 6.23. The van der Waals surface area contributed by atoms with Crippen LogP contribution in [-0.4, -0.2) is 31.1 Å². The summed E-state index contributed by atoms with van der Waals surface area (Å²) in [5.74, 6) is -0.320. The number of thiophene rings is 1. The predicted octanol–water partition coefficient (Wildman–Crippen LogP) is 4.36. The van der Waals surface area contributed by atoms with Crippen molar-refractivity contribution in [3.05, 3.63) is 88.6 Å². The Morgan fingerprint density at radius 2 is 1.77 bits per heavy atom. The number of carbonyl (C=O) groups excluding carboxylic acids is 2. The maximum Gasteiger partial charge on any atom is 0.247 e. The van der Waals surface area contributed by atoms with Gasteiger partial charge in [-0.05, 0) is 42.0 Å². The molecule has 31 heavy (non-hydrogen) atoms. The van der Waals surface area contributed by atoms with E-state index in [1.807, 2.05) is 78.2 Å². The monoisotopic (exact) mass is 434 g/mol. The fourth-order valence-corrected chi connectivity index (χ4v) is 4.54. The average Bonchev–Trinajstić information content (AvgIpc) is 3.51. The van der Waals surface area contributed by atoms with Crippen molar-refractivity contribution in [2.75, 3.05) is 18.1 Å². The van der Waals surface area contributed by atoms with Gasteiger partial charge in [0.05, 0.1) is 12.5 Å². The van der Waals surface area contributed by atoms with E-state index in [-0.39, 0.29) is 24.3 Å². The highest BCUT2D eigenvalue weighted by Gasteiger charge is 2.33. The molecule has 6 heteroatoms. The summed E-state index contributed by atoms with van der Waals surface area (Å²) in [5, 5.41) is 4.99. The molecule has 2 aromatic carbocycles. The van der Waals surface area contributed by atoms with Crippen LogP contribution in [0.5, 0.6) is 0 Å². The molecule has 2 heterocycles. The van der Waals surface area contributed by atoms with E-state index in [1.54, 1.807) is 16.2 Å². The van der Waals surface area contributed by atoms with Crippen LogP contribution in [0.1, 0.15) is 29.3 Å². The molecule has 0 bridgehead atoms. The van der Waals surface area contributed by atoms with Crippen molar-refractivity contribution in [3.8, 4) is 0 Å². The normalized spacial score (nSPS) is 16.6. The van der Waals surface area contributed by atoms with Gasteiger partial charge in [-0.1, -0.05) is 54.6 Å². The molecule has 160 valence electrons. The van der Waals surface area contributed by atoms with Crippen LogP contribution in [0.25, 0.3) is 0 Å². The first-order chi connectivity index (χ1) is 15.2. The first kappa shape index (κ1) is 21.3. The predicted molar refractivity (Wildman–Crippen MR) is 123 cm³/mol. The third kappa shape index (κ3) is 5.40. The average molecular weight is 435 g/mol. The van der Waals surface area contributed by atoms with Crippen molar-refractivity contribution in [3.63, 3.8) is 0 Å². The van der Waals surface area contributed by atoms with Crippen molar-refractivity contribution in [1.82, 2.24) is 5.32 Å². The van der Waals surface area contributed by atoms with Crippen molar-refractivity contribution in [2.45, 2.75) is 31.4 Å². The number of hydrogen-bond acceptors (Lipinski definition) is 4. The lowest BCUT2D eigenvalue weighted by Crippen LogP contribution is -2.46. The van der Waals surface area contributed by atoms with Crippen LogP contribution in [0.3, 0.4) is 0 Å². The zero-order chi connectivity index (χ0) is 21.5. The van der Waals surface area contributed by atoms with E-state index in [9.17, 15) is 9.59 Å². The molecule has 1 fully saturated rings. The molecule has 0 saturated carbocycles. The van der Waals surface area contributed by atoms with Gasteiger partial charge in [-0.15, -0.1) is 11.3 Å². The molecule has 4 rings (SSSR count). The van der Waals surface area contributed by atoms with Crippen molar-refractivity contribution in [2.24, 2.45) is 0 Å². The lowest BCUT2D eigenvalue weighted by Gasteiger charge is -2.32. The van der Waals surface area contributed by atoms with Crippen LogP contribution in [-0.2, 0) is 20.7 Å². The largest absolute Gasteiger partial charge is 0.376 e.